The van der Waals surface area contributed by atoms with Crippen LogP contribution in [-0.2, 0) is 4.79 Å². The van der Waals surface area contributed by atoms with Crippen LogP contribution in [0.25, 0.3) is 0 Å². The van der Waals surface area contributed by atoms with E-state index in [0.29, 0.717) is 10.6 Å². The van der Waals surface area contributed by atoms with Crippen molar-refractivity contribution < 1.29 is 9.59 Å². The first-order valence-electron chi connectivity index (χ1n) is 7.07. The van der Waals surface area contributed by atoms with Crippen LogP contribution in [0.1, 0.15) is 21.5 Å². The Kier molecular flexibility index (Phi) is 6.52. The molecular formula is C17H15BrClN3O2. The molecule has 0 fully saturated rings. The number of benzene rings is 2. The van der Waals surface area contributed by atoms with Crippen molar-refractivity contribution in [2.75, 3.05) is 6.54 Å². The van der Waals surface area contributed by atoms with Crippen LogP contribution in [0.3, 0.4) is 0 Å². The van der Waals surface area contributed by atoms with Crippen LogP contribution in [0.2, 0.25) is 5.02 Å². The van der Waals surface area contributed by atoms with Crippen molar-refractivity contribution in [1.29, 1.82) is 0 Å². The summed E-state index contributed by atoms with van der Waals surface area (Å²) in [6, 6.07) is 12.6. The molecule has 0 aliphatic rings. The molecule has 7 heteroatoms. The number of hydrogen-bond donors (Lipinski definition) is 2. The van der Waals surface area contributed by atoms with Crippen molar-refractivity contribution in [3.63, 3.8) is 0 Å². The van der Waals surface area contributed by atoms with Gasteiger partial charge in [0.15, 0.2) is 0 Å². The third-order valence-electron chi connectivity index (χ3n) is 3.06. The van der Waals surface area contributed by atoms with Gasteiger partial charge in [-0.1, -0.05) is 57.4 Å². The number of rotatable bonds is 5. The molecule has 0 radical (unpaired) electrons. The van der Waals surface area contributed by atoms with E-state index in [-0.39, 0.29) is 6.54 Å². The third-order valence-corrected chi connectivity index (χ3v) is 3.89. The molecule has 2 aromatic rings. The fraction of sp³-hybridized carbons (Fsp3) is 0.118. The average Bonchev–Trinajstić information content (AvgIpc) is 2.56. The Morgan fingerprint density at radius 1 is 1.21 bits per heavy atom. The highest BCUT2D eigenvalue weighted by Gasteiger charge is 2.11. The molecule has 5 nitrogen and oxygen atoms in total. The SMILES string of the molecule is Cc1ccc(/C=N/NC(=O)CNC(=O)c2cc(Br)ccc2Cl)cc1. The quantitative estimate of drug-likeness (QED) is 0.589. The number of carbonyl (C=O) groups excluding carboxylic acids is 2. The summed E-state index contributed by atoms with van der Waals surface area (Å²) in [6.07, 6.45) is 1.53. The predicted octanol–water partition coefficient (Wildman–Crippen LogP) is 3.29. The monoisotopic (exact) mass is 407 g/mol. The summed E-state index contributed by atoms with van der Waals surface area (Å²) >= 11 is 9.23. The number of carbonyl (C=O) groups is 2. The van der Waals surface area contributed by atoms with Gasteiger partial charge in [-0.3, -0.25) is 9.59 Å². The predicted molar refractivity (Wildman–Crippen MR) is 98.4 cm³/mol. The zero-order valence-corrected chi connectivity index (χ0v) is 15.2. The number of amides is 2. The van der Waals surface area contributed by atoms with Crippen molar-refractivity contribution in [1.82, 2.24) is 10.7 Å². The van der Waals surface area contributed by atoms with E-state index in [2.05, 4.69) is 31.8 Å². The summed E-state index contributed by atoms with van der Waals surface area (Å²) in [5.74, 6) is -0.864. The van der Waals surface area contributed by atoms with Crippen LogP contribution >= 0.6 is 27.5 Å². The maximum absolute atomic E-state index is 12.0. The lowest BCUT2D eigenvalue weighted by Crippen LogP contribution is -2.35. The topological polar surface area (TPSA) is 70.6 Å². The fourth-order valence-electron chi connectivity index (χ4n) is 1.80. The number of nitrogens with zero attached hydrogens (tertiary/aromatic N) is 1. The molecule has 2 amide bonds. The van der Waals surface area contributed by atoms with Crippen LogP contribution in [0.15, 0.2) is 52.0 Å². The maximum atomic E-state index is 12.0. The van der Waals surface area contributed by atoms with E-state index in [4.69, 9.17) is 11.6 Å². The van der Waals surface area contributed by atoms with Gasteiger partial charge in [0, 0.05) is 4.47 Å². The normalized spacial score (nSPS) is 10.6. The second-order valence-corrected chi connectivity index (χ2v) is 6.33. The summed E-state index contributed by atoms with van der Waals surface area (Å²) in [7, 11) is 0. The van der Waals surface area contributed by atoms with E-state index in [9.17, 15) is 9.59 Å². The van der Waals surface area contributed by atoms with E-state index in [1.165, 1.54) is 6.21 Å². The van der Waals surface area contributed by atoms with Gasteiger partial charge in [-0.2, -0.15) is 5.10 Å². The van der Waals surface area contributed by atoms with Crippen molar-refractivity contribution in [2.24, 2.45) is 5.10 Å². The summed E-state index contributed by atoms with van der Waals surface area (Å²) in [5, 5.41) is 6.65. The standard InChI is InChI=1S/C17H15BrClN3O2/c1-11-2-4-12(5-3-11)9-21-22-16(23)10-20-17(24)14-8-13(18)6-7-15(14)19/h2-9H,10H2,1H3,(H,20,24)(H,22,23)/b21-9+. The first kappa shape index (κ1) is 18.2. The number of hydrazone groups is 1. The molecule has 2 rings (SSSR count). The van der Waals surface area contributed by atoms with Crippen LogP contribution in [0, 0.1) is 6.92 Å². The average molecular weight is 409 g/mol. The fourth-order valence-corrected chi connectivity index (χ4v) is 2.36. The van der Waals surface area contributed by atoms with Gasteiger partial charge in [-0.15, -0.1) is 0 Å². The number of nitrogens with one attached hydrogen (secondary N) is 2. The van der Waals surface area contributed by atoms with Gasteiger partial charge in [0.1, 0.15) is 0 Å². The Balaban J connectivity index is 1.83. The molecule has 0 spiro atoms. The van der Waals surface area contributed by atoms with Crippen LogP contribution in [0.5, 0.6) is 0 Å². The van der Waals surface area contributed by atoms with Gasteiger partial charge in [-0.05, 0) is 30.7 Å². The Bertz CT molecular complexity index is 776. The number of halogens is 2. The first-order chi connectivity index (χ1) is 11.5. The molecule has 2 N–H and O–H groups in total. The molecule has 24 heavy (non-hydrogen) atoms. The molecular weight excluding hydrogens is 394 g/mol. The molecule has 2 aromatic carbocycles. The van der Waals surface area contributed by atoms with E-state index < -0.39 is 11.8 Å². The van der Waals surface area contributed by atoms with Crippen LogP contribution < -0.4 is 10.7 Å². The van der Waals surface area contributed by atoms with Crippen molar-refractivity contribution >= 4 is 45.6 Å². The van der Waals surface area contributed by atoms with E-state index in [1.54, 1.807) is 18.2 Å². The lowest BCUT2D eigenvalue weighted by Gasteiger charge is -2.06. The van der Waals surface area contributed by atoms with Crippen LogP contribution in [0.4, 0.5) is 0 Å². The molecule has 0 unspecified atom stereocenters. The Morgan fingerprint density at radius 3 is 2.62 bits per heavy atom. The summed E-state index contributed by atoms with van der Waals surface area (Å²) in [6.45, 7) is 1.79. The molecule has 0 saturated carbocycles. The van der Waals surface area contributed by atoms with Gasteiger partial charge in [-0.25, -0.2) is 5.43 Å². The molecule has 0 bridgehead atoms. The zero-order valence-electron chi connectivity index (χ0n) is 12.8. The summed E-state index contributed by atoms with van der Waals surface area (Å²) in [4.78, 5) is 23.7. The minimum absolute atomic E-state index is 0.201. The molecule has 0 aromatic heterocycles. The van der Waals surface area contributed by atoms with Gasteiger partial charge in [0.2, 0.25) is 0 Å². The van der Waals surface area contributed by atoms with E-state index in [1.807, 2.05) is 31.2 Å². The largest absolute Gasteiger partial charge is 0.343 e. The lowest BCUT2D eigenvalue weighted by molar-refractivity contribution is -0.120. The highest BCUT2D eigenvalue weighted by Crippen LogP contribution is 2.20. The van der Waals surface area contributed by atoms with Gasteiger partial charge >= 0.3 is 0 Å². The van der Waals surface area contributed by atoms with Gasteiger partial charge in [0.25, 0.3) is 11.8 Å². The van der Waals surface area contributed by atoms with Crippen molar-refractivity contribution in [2.45, 2.75) is 6.92 Å². The van der Waals surface area contributed by atoms with Gasteiger partial charge < -0.3 is 5.32 Å². The Hall–Kier alpha value is -2.18. The minimum atomic E-state index is -0.433. The third kappa shape index (κ3) is 5.47. The van der Waals surface area contributed by atoms with E-state index in [0.717, 1.165) is 15.6 Å². The summed E-state index contributed by atoms with van der Waals surface area (Å²) < 4.78 is 0.726. The van der Waals surface area contributed by atoms with E-state index >= 15 is 0 Å². The zero-order chi connectivity index (χ0) is 17.5. The minimum Gasteiger partial charge on any atom is -0.343 e. The van der Waals surface area contributed by atoms with Crippen molar-refractivity contribution in [3.05, 3.63) is 68.7 Å². The second-order valence-electron chi connectivity index (χ2n) is 5.01. The number of aryl methyl sites for hydroxylation is 1. The maximum Gasteiger partial charge on any atom is 0.259 e. The van der Waals surface area contributed by atoms with Gasteiger partial charge in [0.05, 0.1) is 23.3 Å². The number of hydrogen-bond acceptors (Lipinski definition) is 3. The second kappa shape index (κ2) is 8.61. The molecule has 0 saturated heterocycles. The smallest absolute Gasteiger partial charge is 0.259 e. The molecule has 0 atom stereocenters. The first-order valence-corrected chi connectivity index (χ1v) is 8.24. The summed E-state index contributed by atoms with van der Waals surface area (Å²) in [5.41, 5.74) is 4.66. The van der Waals surface area contributed by atoms with Crippen molar-refractivity contribution in [3.8, 4) is 0 Å². The molecule has 0 heterocycles. The molecule has 124 valence electrons. The Labute approximate surface area is 153 Å². The molecule has 0 aliphatic heterocycles. The highest BCUT2D eigenvalue weighted by molar-refractivity contribution is 9.10. The lowest BCUT2D eigenvalue weighted by atomic mass is 10.2. The highest BCUT2D eigenvalue weighted by atomic mass is 79.9. The molecule has 0 aliphatic carbocycles. The van der Waals surface area contributed by atoms with Crippen LogP contribution in [-0.4, -0.2) is 24.6 Å². The Morgan fingerprint density at radius 2 is 1.92 bits per heavy atom.